The number of thioether (sulfide) groups is 1. The van der Waals surface area contributed by atoms with Gasteiger partial charge < -0.3 is 0 Å². The molecule has 1 saturated heterocycles. The molecular formula is C5H3F7S. The standard InChI is InChI=1S/C5H3F7S/c6-1-2(4(8,9)10)5(11,12)13-3(1)7/h1-3H. The SMILES string of the molecule is FC1SC(F)(F)C(C(F)(F)F)C1F. The molecule has 0 aromatic rings. The second kappa shape index (κ2) is 2.93. The van der Waals surface area contributed by atoms with Gasteiger partial charge in [0.2, 0.25) is 0 Å². The molecule has 0 saturated carbocycles. The summed E-state index contributed by atoms with van der Waals surface area (Å²) in [6, 6.07) is 0. The van der Waals surface area contributed by atoms with Crippen LogP contribution in [-0.4, -0.2) is 23.1 Å². The van der Waals surface area contributed by atoms with Crippen LogP contribution >= 0.6 is 11.8 Å². The van der Waals surface area contributed by atoms with Crippen molar-refractivity contribution >= 4 is 11.8 Å². The zero-order chi connectivity index (χ0) is 10.4. The molecule has 0 N–H and O–H groups in total. The maximum Gasteiger partial charge on any atom is 0.401 e. The van der Waals surface area contributed by atoms with E-state index in [-0.39, 0.29) is 0 Å². The zero-order valence-corrected chi connectivity index (χ0v) is 6.60. The Morgan fingerprint density at radius 1 is 1.08 bits per heavy atom. The highest BCUT2D eigenvalue weighted by molar-refractivity contribution is 8.01. The Morgan fingerprint density at radius 2 is 1.54 bits per heavy atom. The van der Waals surface area contributed by atoms with E-state index in [9.17, 15) is 30.7 Å². The summed E-state index contributed by atoms with van der Waals surface area (Å²) >= 11 is -0.929. The third kappa shape index (κ3) is 1.87. The van der Waals surface area contributed by atoms with Crippen LogP contribution in [0.3, 0.4) is 0 Å². The van der Waals surface area contributed by atoms with E-state index in [1.807, 2.05) is 0 Å². The van der Waals surface area contributed by atoms with E-state index < -0.39 is 40.8 Å². The van der Waals surface area contributed by atoms with Gasteiger partial charge in [-0.2, -0.15) is 22.0 Å². The van der Waals surface area contributed by atoms with Gasteiger partial charge in [0, 0.05) is 0 Å². The molecule has 3 unspecified atom stereocenters. The lowest BCUT2D eigenvalue weighted by Gasteiger charge is -2.21. The molecule has 1 aliphatic rings. The molecule has 8 heteroatoms. The Labute approximate surface area is 72.5 Å². The van der Waals surface area contributed by atoms with Gasteiger partial charge in [-0.3, -0.25) is 0 Å². The van der Waals surface area contributed by atoms with Crippen LogP contribution in [0.2, 0.25) is 0 Å². The van der Waals surface area contributed by atoms with Crippen molar-refractivity contribution in [2.75, 3.05) is 0 Å². The van der Waals surface area contributed by atoms with Gasteiger partial charge in [-0.25, -0.2) is 8.78 Å². The quantitative estimate of drug-likeness (QED) is 0.574. The predicted molar refractivity (Wildman–Crippen MR) is 31.9 cm³/mol. The third-order valence-electron chi connectivity index (χ3n) is 1.55. The zero-order valence-electron chi connectivity index (χ0n) is 5.79. The second-order valence-corrected chi connectivity index (χ2v) is 3.72. The monoisotopic (exact) mass is 228 g/mol. The fourth-order valence-corrected chi connectivity index (χ4v) is 1.99. The molecule has 1 heterocycles. The largest absolute Gasteiger partial charge is 0.401 e. The summed E-state index contributed by atoms with van der Waals surface area (Å²) < 4.78 is 84.7. The molecule has 1 rings (SSSR count). The Hall–Kier alpha value is -0.140. The maximum absolute atomic E-state index is 12.4. The highest BCUT2D eigenvalue weighted by Gasteiger charge is 2.68. The summed E-state index contributed by atoms with van der Waals surface area (Å²) in [5, 5.41) is -4.42. The van der Waals surface area contributed by atoms with Crippen molar-refractivity contribution in [3.8, 4) is 0 Å². The van der Waals surface area contributed by atoms with E-state index >= 15 is 0 Å². The first-order valence-electron chi connectivity index (χ1n) is 3.07. The van der Waals surface area contributed by atoms with Gasteiger partial charge in [0.25, 0.3) is 0 Å². The highest BCUT2D eigenvalue weighted by Crippen LogP contribution is 2.57. The smallest absolute Gasteiger partial charge is 0.242 e. The van der Waals surface area contributed by atoms with Gasteiger partial charge in [0.05, 0.1) is 0 Å². The lowest BCUT2D eigenvalue weighted by molar-refractivity contribution is -0.228. The summed E-state index contributed by atoms with van der Waals surface area (Å²) in [5.74, 6) is -3.54. The third-order valence-corrected chi connectivity index (χ3v) is 2.61. The van der Waals surface area contributed by atoms with Crippen LogP contribution < -0.4 is 0 Å². The van der Waals surface area contributed by atoms with Gasteiger partial charge in [-0.15, -0.1) is 0 Å². The Morgan fingerprint density at radius 3 is 1.69 bits per heavy atom. The number of rotatable bonds is 0. The fourth-order valence-electron chi connectivity index (χ4n) is 0.996. The molecule has 0 aromatic heterocycles. The van der Waals surface area contributed by atoms with Gasteiger partial charge in [0.15, 0.2) is 17.6 Å². The van der Waals surface area contributed by atoms with Crippen LogP contribution in [0, 0.1) is 5.92 Å². The first-order valence-corrected chi connectivity index (χ1v) is 3.94. The van der Waals surface area contributed by atoms with Gasteiger partial charge in [-0.1, -0.05) is 0 Å². The van der Waals surface area contributed by atoms with Crippen LogP contribution in [0.15, 0.2) is 0 Å². The van der Waals surface area contributed by atoms with Crippen LogP contribution in [0.5, 0.6) is 0 Å². The van der Waals surface area contributed by atoms with Crippen molar-refractivity contribution in [2.24, 2.45) is 5.92 Å². The van der Waals surface area contributed by atoms with Gasteiger partial charge in [0.1, 0.15) is 0 Å². The van der Waals surface area contributed by atoms with Crippen molar-refractivity contribution in [1.29, 1.82) is 0 Å². The number of hydrogen-bond acceptors (Lipinski definition) is 1. The molecule has 3 atom stereocenters. The lowest BCUT2D eigenvalue weighted by Crippen LogP contribution is -2.39. The highest BCUT2D eigenvalue weighted by atomic mass is 32.2. The first-order chi connectivity index (χ1) is 5.66. The van der Waals surface area contributed by atoms with Crippen molar-refractivity contribution in [3.05, 3.63) is 0 Å². The summed E-state index contributed by atoms with van der Waals surface area (Å²) in [4.78, 5) is 0. The number of alkyl halides is 7. The van der Waals surface area contributed by atoms with Crippen LogP contribution in [0.4, 0.5) is 30.7 Å². The van der Waals surface area contributed by atoms with Crippen molar-refractivity contribution in [1.82, 2.24) is 0 Å². The van der Waals surface area contributed by atoms with Crippen LogP contribution in [0.1, 0.15) is 0 Å². The molecule has 1 aliphatic heterocycles. The first kappa shape index (κ1) is 10.9. The van der Waals surface area contributed by atoms with E-state index in [0.717, 1.165) is 0 Å². The molecule has 1 fully saturated rings. The molecule has 13 heavy (non-hydrogen) atoms. The Bertz CT molecular complexity index is 200. The summed E-state index contributed by atoms with van der Waals surface area (Å²) in [6.07, 6.45) is -8.61. The maximum atomic E-state index is 12.4. The predicted octanol–water partition coefficient (Wildman–Crippen LogP) is 3.14. The fraction of sp³-hybridized carbons (Fsp3) is 1.00. The minimum Gasteiger partial charge on any atom is -0.242 e. The minimum absolute atomic E-state index is 0.929. The number of hydrogen-bond donors (Lipinski definition) is 0. The topological polar surface area (TPSA) is 0 Å². The van der Waals surface area contributed by atoms with E-state index in [0.29, 0.717) is 0 Å². The average molecular weight is 228 g/mol. The number of halogens is 7. The molecule has 0 spiro atoms. The van der Waals surface area contributed by atoms with Crippen molar-refractivity contribution in [3.63, 3.8) is 0 Å². The Kier molecular flexibility index (Phi) is 2.46. The molecule has 0 aliphatic carbocycles. The minimum atomic E-state index is -5.42. The summed E-state index contributed by atoms with van der Waals surface area (Å²) in [7, 11) is 0. The average Bonchev–Trinajstić information content (AvgIpc) is 1.99. The molecule has 0 radical (unpaired) electrons. The van der Waals surface area contributed by atoms with E-state index in [4.69, 9.17) is 0 Å². The molecule has 0 aromatic carbocycles. The lowest BCUT2D eigenvalue weighted by atomic mass is 10.1. The molecular weight excluding hydrogens is 225 g/mol. The van der Waals surface area contributed by atoms with Gasteiger partial charge >= 0.3 is 11.4 Å². The summed E-state index contributed by atoms with van der Waals surface area (Å²) in [5.41, 5.74) is -2.82. The second-order valence-electron chi connectivity index (χ2n) is 2.49. The molecule has 0 nitrogen and oxygen atoms in total. The van der Waals surface area contributed by atoms with E-state index in [1.54, 1.807) is 0 Å². The Balaban J connectivity index is 2.94. The van der Waals surface area contributed by atoms with Crippen molar-refractivity contribution in [2.45, 2.75) is 23.1 Å². The molecule has 78 valence electrons. The van der Waals surface area contributed by atoms with Crippen LogP contribution in [0.25, 0.3) is 0 Å². The molecule has 0 amide bonds. The summed E-state index contributed by atoms with van der Waals surface area (Å²) in [6.45, 7) is 0. The van der Waals surface area contributed by atoms with Crippen molar-refractivity contribution < 1.29 is 30.7 Å². The van der Waals surface area contributed by atoms with Crippen LogP contribution in [-0.2, 0) is 0 Å². The van der Waals surface area contributed by atoms with Gasteiger partial charge in [-0.05, 0) is 11.8 Å². The normalized spacial score (nSPS) is 39.5. The molecule has 0 bridgehead atoms. The van der Waals surface area contributed by atoms with E-state index in [1.165, 1.54) is 0 Å². The van der Waals surface area contributed by atoms with E-state index in [2.05, 4.69) is 0 Å².